The minimum atomic E-state index is -0.818. The third-order valence-electron chi connectivity index (χ3n) is 4.37. The fourth-order valence-electron chi connectivity index (χ4n) is 2.90. The molecule has 0 unspecified atom stereocenters. The number of ether oxygens (including phenoxy) is 2. The lowest BCUT2D eigenvalue weighted by Gasteiger charge is -2.10. The van der Waals surface area contributed by atoms with E-state index in [1.165, 1.54) is 30.6 Å². The van der Waals surface area contributed by atoms with Crippen molar-refractivity contribution in [2.75, 3.05) is 39.2 Å². The molecule has 164 valence electrons. The van der Waals surface area contributed by atoms with E-state index in [1.807, 2.05) is 19.0 Å². The van der Waals surface area contributed by atoms with Crippen molar-refractivity contribution in [1.82, 2.24) is 19.7 Å². The van der Waals surface area contributed by atoms with Crippen molar-refractivity contribution in [1.29, 1.82) is 0 Å². The van der Waals surface area contributed by atoms with Crippen LogP contribution in [-0.2, 0) is 20.8 Å². The summed E-state index contributed by atoms with van der Waals surface area (Å²) in [7, 11) is 3.94. The van der Waals surface area contributed by atoms with Gasteiger partial charge in [0.25, 0.3) is 0 Å². The topological polar surface area (TPSA) is 98.6 Å². The van der Waals surface area contributed by atoms with E-state index in [0.717, 1.165) is 13.5 Å². The predicted octanol–water partition coefficient (Wildman–Crippen LogP) is 2.60. The number of rotatable bonds is 9. The summed E-state index contributed by atoms with van der Waals surface area (Å²) in [6.07, 6.45) is 2.81. The van der Waals surface area contributed by atoms with Crippen LogP contribution < -0.4 is 5.32 Å². The zero-order valence-electron chi connectivity index (χ0n) is 17.6. The normalized spacial score (nSPS) is 11.1. The number of fused-ring (bicyclic) bond motifs is 1. The number of likely N-dealkylation sites (N-methyl/N-ethyl adjacent to an activating group) is 1. The minimum absolute atomic E-state index is 0.108. The Morgan fingerprint density at radius 3 is 2.77 bits per heavy atom. The number of carbonyl (C=O) groups excluding carboxylic acids is 2. The van der Waals surface area contributed by atoms with Gasteiger partial charge in [-0.25, -0.2) is 9.18 Å². The van der Waals surface area contributed by atoms with Crippen molar-refractivity contribution in [3.63, 3.8) is 0 Å². The van der Waals surface area contributed by atoms with Crippen molar-refractivity contribution in [3.8, 4) is 0 Å². The molecule has 3 rings (SSSR count). The molecule has 0 bridgehead atoms. The van der Waals surface area contributed by atoms with Crippen LogP contribution in [0.3, 0.4) is 0 Å². The zero-order valence-corrected chi connectivity index (χ0v) is 17.6. The summed E-state index contributed by atoms with van der Waals surface area (Å²) in [4.78, 5) is 29.4. The molecule has 2 heterocycles. The number of benzene rings is 1. The number of hydrogen-bond acceptors (Lipinski definition) is 8. The first-order chi connectivity index (χ1) is 14.8. The maximum Gasteiger partial charge on any atom is 0.348 e. The first kappa shape index (κ1) is 22.3. The van der Waals surface area contributed by atoms with Crippen LogP contribution in [0.1, 0.15) is 17.3 Å². The summed E-state index contributed by atoms with van der Waals surface area (Å²) in [6, 6.07) is 5.78. The van der Waals surface area contributed by atoms with Crippen LogP contribution in [0.5, 0.6) is 0 Å². The highest BCUT2D eigenvalue weighted by Gasteiger charge is 2.18. The van der Waals surface area contributed by atoms with Crippen LogP contribution in [-0.4, -0.2) is 65.5 Å². The van der Waals surface area contributed by atoms with Gasteiger partial charge < -0.3 is 19.7 Å². The molecule has 0 aliphatic carbocycles. The van der Waals surface area contributed by atoms with E-state index >= 15 is 0 Å². The van der Waals surface area contributed by atoms with Crippen LogP contribution >= 0.6 is 0 Å². The Kier molecular flexibility index (Phi) is 7.27. The average Bonchev–Trinajstić information content (AvgIpc) is 3.04. The molecule has 0 saturated carbocycles. The molecule has 1 aromatic carbocycles. The number of hydrogen-bond donors (Lipinski definition) is 1. The van der Waals surface area contributed by atoms with E-state index < -0.39 is 17.8 Å². The van der Waals surface area contributed by atoms with Crippen molar-refractivity contribution < 1.29 is 23.5 Å². The van der Waals surface area contributed by atoms with E-state index in [9.17, 15) is 14.0 Å². The maximum absolute atomic E-state index is 13.9. The van der Waals surface area contributed by atoms with Gasteiger partial charge in [0.2, 0.25) is 0 Å². The van der Waals surface area contributed by atoms with Crippen LogP contribution in [0.4, 0.5) is 15.9 Å². The van der Waals surface area contributed by atoms with Gasteiger partial charge in [-0.05, 0) is 38.4 Å². The first-order valence-corrected chi connectivity index (χ1v) is 9.67. The lowest BCUT2D eigenvalue weighted by molar-refractivity contribution is -0.135. The molecule has 1 N–H and O–H groups in total. The van der Waals surface area contributed by atoms with Crippen molar-refractivity contribution in [2.45, 2.75) is 13.5 Å². The van der Waals surface area contributed by atoms with Gasteiger partial charge in [0, 0.05) is 25.1 Å². The maximum atomic E-state index is 13.9. The lowest BCUT2D eigenvalue weighted by Crippen LogP contribution is -2.19. The van der Waals surface area contributed by atoms with Gasteiger partial charge in [0.05, 0.1) is 42.7 Å². The van der Waals surface area contributed by atoms with E-state index in [0.29, 0.717) is 36.5 Å². The first-order valence-electron chi connectivity index (χ1n) is 9.67. The fourth-order valence-corrected chi connectivity index (χ4v) is 2.90. The van der Waals surface area contributed by atoms with E-state index in [2.05, 4.69) is 20.1 Å². The molecular formula is C21H24FN5O4. The SMILES string of the molecule is CC(=O)OC(=O)c1ccncc1Nc1nn(CCOCCN(C)C)c2ccc(F)cc12. The van der Waals surface area contributed by atoms with Gasteiger partial charge in [0.15, 0.2) is 5.82 Å². The average molecular weight is 429 g/mol. The second-order valence-corrected chi connectivity index (χ2v) is 7.08. The summed E-state index contributed by atoms with van der Waals surface area (Å²) in [5.41, 5.74) is 1.10. The number of carbonyl (C=O) groups is 2. The van der Waals surface area contributed by atoms with Gasteiger partial charge in [-0.2, -0.15) is 5.10 Å². The lowest BCUT2D eigenvalue weighted by atomic mass is 10.2. The van der Waals surface area contributed by atoms with E-state index in [4.69, 9.17) is 4.74 Å². The van der Waals surface area contributed by atoms with Gasteiger partial charge in [-0.3, -0.25) is 14.5 Å². The number of nitrogens with zero attached hydrogens (tertiary/aromatic N) is 4. The number of esters is 2. The molecule has 0 amide bonds. The molecule has 31 heavy (non-hydrogen) atoms. The molecular weight excluding hydrogens is 405 g/mol. The summed E-state index contributed by atoms with van der Waals surface area (Å²) < 4.78 is 25.9. The van der Waals surface area contributed by atoms with Crippen LogP contribution in [0.25, 0.3) is 10.9 Å². The van der Waals surface area contributed by atoms with E-state index in [-0.39, 0.29) is 11.3 Å². The summed E-state index contributed by atoms with van der Waals surface area (Å²) in [5, 5.41) is 8.07. The standard InChI is InChI=1S/C21H24FN5O4/c1-14(28)31-21(29)16-6-7-23-13-18(16)24-20-17-12-15(22)4-5-19(17)27(25-20)9-11-30-10-8-26(2)3/h4-7,12-13H,8-11H2,1-3H3,(H,24,25). The monoisotopic (exact) mass is 429 g/mol. The van der Waals surface area contributed by atoms with Crippen LogP contribution in [0, 0.1) is 5.82 Å². The molecule has 9 nitrogen and oxygen atoms in total. The third-order valence-corrected chi connectivity index (χ3v) is 4.37. The third kappa shape index (κ3) is 5.83. The van der Waals surface area contributed by atoms with Gasteiger partial charge >= 0.3 is 11.9 Å². The Labute approximate surface area is 178 Å². The highest BCUT2D eigenvalue weighted by atomic mass is 19.1. The summed E-state index contributed by atoms with van der Waals surface area (Å²) >= 11 is 0. The number of pyridine rings is 1. The number of aromatic nitrogens is 3. The number of halogens is 1. The van der Waals surface area contributed by atoms with E-state index in [1.54, 1.807) is 10.7 Å². The number of nitrogens with one attached hydrogen (secondary N) is 1. The summed E-state index contributed by atoms with van der Waals surface area (Å²) in [6.45, 7) is 3.43. The fraction of sp³-hybridized carbons (Fsp3) is 0.333. The van der Waals surface area contributed by atoms with Gasteiger partial charge in [0.1, 0.15) is 5.82 Å². The second kappa shape index (κ2) is 10.1. The highest BCUT2D eigenvalue weighted by molar-refractivity contribution is 6.02. The van der Waals surface area contributed by atoms with Crippen molar-refractivity contribution in [2.24, 2.45) is 0 Å². The van der Waals surface area contributed by atoms with Crippen LogP contribution in [0.15, 0.2) is 36.7 Å². The van der Waals surface area contributed by atoms with Crippen LogP contribution in [0.2, 0.25) is 0 Å². The predicted molar refractivity (Wildman–Crippen MR) is 113 cm³/mol. The molecule has 10 heteroatoms. The van der Waals surface area contributed by atoms with Crippen molar-refractivity contribution in [3.05, 3.63) is 48.0 Å². The molecule has 0 fully saturated rings. The zero-order chi connectivity index (χ0) is 22.4. The Bertz CT molecular complexity index is 1080. The highest BCUT2D eigenvalue weighted by Crippen LogP contribution is 2.28. The molecule has 0 radical (unpaired) electrons. The molecule has 0 saturated heterocycles. The molecule has 0 aliphatic heterocycles. The number of anilines is 2. The van der Waals surface area contributed by atoms with Gasteiger partial charge in [-0.1, -0.05) is 0 Å². The van der Waals surface area contributed by atoms with Gasteiger partial charge in [-0.15, -0.1) is 0 Å². The molecule has 0 aliphatic rings. The Morgan fingerprint density at radius 2 is 2.03 bits per heavy atom. The smallest absolute Gasteiger partial charge is 0.348 e. The molecule has 0 spiro atoms. The largest absolute Gasteiger partial charge is 0.390 e. The Balaban J connectivity index is 1.85. The molecule has 3 aromatic rings. The quantitative estimate of drug-likeness (QED) is 0.315. The van der Waals surface area contributed by atoms with Crippen molar-refractivity contribution >= 4 is 34.3 Å². The second-order valence-electron chi connectivity index (χ2n) is 7.08. The molecule has 0 atom stereocenters. The summed E-state index contributed by atoms with van der Waals surface area (Å²) in [5.74, 6) is -1.62. The molecule has 2 aromatic heterocycles. The Hall–Kier alpha value is -3.37. The minimum Gasteiger partial charge on any atom is -0.390 e. The Morgan fingerprint density at radius 1 is 1.23 bits per heavy atom.